The number of nitrogens with zero attached hydrogens (tertiary/aromatic N) is 1. The van der Waals surface area contributed by atoms with Crippen LogP contribution in [0.25, 0.3) is 0 Å². The Morgan fingerprint density at radius 1 is 1.03 bits per heavy atom. The lowest BCUT2D eigenvalue weighted by atomic mass is 9.87. The lowest BCUT2D eigenvalue weighted by molar-refractivity contribution is -0.132. The number of amides is 3. The molecule has 0 bridgehead atoms. The lowest BCUT2D eigenvalue weighted by Crippen LogP contribution is -2.42. The monoisotopic (exact) mass is 462 g/mol. The molecule has 2 N–H and O–H groups in total. The summed E-state index contributed by atoms with van der Waals surface area (Å²) in [5, 5.41) is 13.0. The van der Waals surface area contributed by atoms with Crippen molar-refractivity contribution in [2.24, 2.45) is 0 Å². The van der Waals surface area contributed by atoms with Crippen LogP contribution in [0.15, 0.2) is 48.5 Å². The third-order valence-electron chi connectivity index (χ3n) is 5.49. The Labute approximate surface area is 191 Å². The van der Waals surface area contributed by atoms with E-state index in [1.54, 1.807) is 12.1 Å². The van der Waals surface area contributed by atoms with E-state index in [1.807, 2.05) is 12.1 Å². The van der Waals surface area contributed by atoms with Crippen LogP contribution in [0, 0.1) is 0 Å². The van der Waals surface area contributed by atoms with Crippen molar-refractivity contribution >= 4 is 11.9 Å². The second-order valence-corrected chi connectivity index (χ2v) is 9.11. The van der Waals surface area contributed by atoms with Gasteiger partial charge in [-0.15, -0.1) is 0 Å². The fourth-order valence-corrected chi connectivity index (χ4v) is 3.54. The molecule has 0 saturated carbocycles. The first-order valence-electron chi connectivity index (χ1n) is 10.5. The molecule has 7 nitrogen and oxygen atoms in total. The number of urea groups is 1. The molecular formula is C24H28F2N2O5. The van der Waals surface area contributed by atoms with E-state index in [1.165, 1.54) is 31.2 Å². The molecule has 1 fully saturated rings. The number of alkyl halides is 2. The first-order chi connectivity index (χ1) is 15.4. The number of ether oxygens (including phenoxy) is 2. The molecule has 2 aromatic carbocycles. The summed E-state index contributed by atoms with van der Waals surface area (Å²) in [4.78, 5) is 26.3. The van der Waals surface area contributed by atoms with Crippen molar-refractivity contribution in [1.82, 2.24) is 10.2 Å². The third kappa shape index (κ3) is 5.60. The fraction of sp³-hybridized carbons (Fsp3) is 0.417. The zero-order valence-corrected chi connectivity index (χ0v) is 19.0. The number of imide groups is 1. The van der Waals surface area contributed by atoms with Gasteiger partial charge < -0.3 is 19.9 Å². The van der Waals surface area contributed by atoms with Crippen LogP contribution in [0.4, 0.5) is 13.6 Å². The van der Waals surface area contributed by atoms with Gasteiger partial charge in [0.2, 0.25) is 0 Å². The van der Waals surface area contributed by atoms with Gasteiger partial charge in [-0.1, -0.05) is 45.0 Å². The number of nitrogens with one attached hydrogen (secondary N) is 1. The van der Waals surface area contributed by atoms with Crippen LogP contribution >= 0.6 is 0 Å². The van der Waals surface area contributed by atoms with E-state index in [9.17, 15) is 23.5 Å². The van der Waals surface area contributed by atoms with Gasteiger partial charge in [-0.05, 0) is 47.7 Å². The molecule has 0 aliphatic carbocycles. The van der Waals surface area contributed by atoms with Gasteiger partial charge in [0.1, 0.15) is 29.7 Å². The second kappa shape index (κ2) is 9.35. The van der Waals surface area contributed by atoms with Crippen LogP contribution < -0.4 is 14.8 Å². The number of carbonyl (C=O) groups excluding carboxylic acids is 2. The average Bonchev–Trinajstić information content (AvgIpc) is 2.96. The summed E-state index contributed by atoms with van der Waals surface area (Å²) in [7, 11) is 0. The quantitative estimate of drug-likeness (QED) is 0.583. The van der Waals surface area contributed by atoms with Crippen molar-refractivity contribution < 1.29 is 33.0 Å². The minimum absolute atomic E-state index is 0.00440. The Morgan fingerprint density at radius 2 is 1.61 bits per heavy atom. The minimum Gasteiger partial charge on any atom is -0.491 e. The van der Waals surface area contributed by atoms with Crippen LogP contribution in [0.5, 0.6) is 11.5 Å². The number of rotatable bonds is 8. The first-order valence-corrected chi connectivity index (χ1v) is 10.5. The van der Waals surface area contributed by atoms with Crippen molar-refractivity contribution in [1.29, 1.82) is 0 Å². The molecule has 3 amide bonds. The maximum atomic E-state index is 13.0. The Hall–Kier alpha value is -3.20. The van der Waals surface area contributed by atoms with Crippen molar-refractivity contribution in [3.8, 4) is 11.5 Å². The molecule has 2 aromatic rings. The Bertz CT molecular complexity index is 989. The van der Waals surface area contributed by atoms with Crippen molar-refractivity contribution in [2.45, 2.75) is 51.4 Å². The molecule has 1 heterocycles. The molecule has 0 unspecified atom stereocenters. The standard InChI is InChI=1S/C24H28F2N2O5/c1-23(2,3)15-5-9-18(10-6-15)32-14-17(29)13-28-20(30)24(4,27-22(28)31)16-7-11-19(12-8-16)33-21(25)26/h5-12,17,21,29H,13-14H2,1-4H3,(H,27,31)/t17-,24-/m1/s1. The van der Waals surface area contributed by atoms with Crippen LogP contribution in [0.3, 0.4) is 0 Å². The van der Waals surface area contributed by atoms with Crippen molar-refractivity contribution in [3.63, 3.8) is 0 Å². The summed E-state index contributed by atoms with van der Waals surface area (Å²) in [5.74, 6) is -0.0621. The Kier molecular flexibility index (Phi) is 6.92. The molecule has 1 aliphatic heterocycles. The third-order valence-corrected chi connectivity index (χ3v) is 5.49. The number of β-amino-alcohol motifs (C(OH)–C–C–N with tert-alkyl or cyclic N) is 1. The Morgan fingerprint density at radius 3 is 2.15 bits per heavy atom. The minimum atomic E-state index is -2.96. The van der Waals surface area contributed by atoms with E-state index < -0.39 is 30.2 Å². The van der Waals surface area contributed by atoms with Gasteiger partial charge in [0.05, 0.1) is 6.54 Å². The summed E-state index contributed by atoms with van der Waals surface area (Å²) >= 11 is 0. The molecule has 1 aliphatic rings. The zero-order chi connectivity index (χ0) is 24.4. The predicted octanol–water partition coefficient (Wildman–Crippen LogP) is 3.79. The first kappa shape index (κ1) is 24.4. The average molecular weight is 462 g/mol. The second-order valence-electron chi connectivity index (χ2n) is 9.11. The van der Waals surface area contributed by atoms with Gasteiger partial charge >= 0.3 is 12.6 Å². The maximum absolute atomic E-state index is 13.0. The Balaban J connectivity index is 1.61. The molecule has 178 valence electrons. The highest BCUT2D eigenvalue weighted by Gasteiger charge is 2.49. The molecule has 1 saturated heterocycles. The molecule has 0 aromatic heterocycles. The summed E-state index contributed by atoms with van der Waals surface area (Å²) < 4.78 is 34.6. The maximum Gasteiger partial charge on any atom is 0.387 e. The van der Waals surface area contributed by atoms with Crippen LogP contribution in [-0.2, 0) is 15.7 Å². The lowest BCUT2D eigenvalue weighted by Gasteiger charge is -2.23. The highest BCUT2D eigenvalue weighted by Crippen LogP contribution is 2.30. The number of benzene rings is 2. The summed E-state index contributed by atoms with van der Waals surface area (Å²) in [6.07, 6.45) is -1.11. The molecule has 2 atom stereocenters. The van der Waals surface area contributed by atoms with Crippen molar-refractivity contribution in [3.05, 3.63) is 59.7 Å². The van der Waals surface area contributed by atoms with E-state index in [4.69, 9.17) is 4.74 Å². The molecule has 3 rings (SSSR count). The van der Waals surface area contributed by atoms with Gasteiger partial charge in [0.15, 0.2) is 0 Å². The van der Waals surface area contributed by atoms with Gasteiger partial charge in [-0.3, -0.25) is 9.69 Å². The van der Waals surface area contributed by atoms with E-state index in [-0.39, 0.29) is 24.3 Å². The molecule has 9 heteroatoms. The topological polar surface area (TPSA) is 88.1 Å². The number of aliphatic hydroxyl groups excluding tert-OH is 1. The van der Waals surface area contributed by atoms with Gasteiger partial charge in [0, 0.05) is 0 Å². The molecule has 33 heavy (non-hydrogen) atoms. The van der Waals surface area contributed by atoms with Crippen molar-refractivity contribution in [2.75, 3.05) is 13.2 Å². The van der Waals surface area contributed by atoms with Crippen LogP contribution in [0.1, 0.15) is 38.8 Å². The number of aliphatic hydroxyl groups is 1. The predicted molar refractivity (Wildman–Crippen MR) is 117 cm³/mol. The largest absolute Gasteiger partial charge is 0.491 e. The summed E-state index contributed by atoms with van der Waals surface area (Å²) in [6, 6.07) is 12.3. The smallest absolute Gasteiger partial charge is 0.387 e. The van der Waals surface area contributed by atoms with E-state index in [2.05, 4.69) is 30.8 Å². The number of carbonyl (C=O) groups is 2. The van der Waals surface area contributed by atoms with E-state index >= 15 is 0 Å². The number of hydrogen-bond donors (Lipinski definition) is 2. The summed E-state index contributed by atoms with van der Waals surface area (Å²) in [5.41, 5.74) is 0.145. The van der Waals surface area contributed by atoms with E-state index in [0.717, 1.165) is 10.5 Å². The molecule has 0 radical (unpaired) electrons. The number of halogens is 2. The number of hydrogen-bond acceptors (Lipinski definition) is 5. The highest BCUT2D eigenvalue weighted by molar-refractivity contribution is 6.07. The van der Waals surface area contributed by atoms with Gasteiger partial charge in [-0.25, -0.2) is 4.79 Å². The fourth-order valence-electron chi connectivity index (χ4n) is 3.54. The SMILES string of the molecule is CC(C)(C)c1ccc(OC[C@H](O)CN2C(=O)N[C@](C)(c3ccc(OC(F)F)cc3)C2=O)cc1. The van der Waals surface area contributed by atoms with E-state index in [0.29, 0.717) is 11.3 Å². The highest BCUT2D eigenvalue weighted by atomic mass is 19.3. The van der Waals surface area contributed by atoms with Gasteiger partial charge in [-0.2, -0.15) is 8.78 Å². The van der Waals surface area contributed by atoms with Crippen LogP contribution in [-0.4, -0.2) is 47.8 Å². The van der Waals surface area contributed by atoms with Gasteiger partial charge in [0.25, 0.3) is 5.91 Å². The normalized spacial score (nSPS) is 19.6. The molecule has 0 spiro atoms. The summed E-state index contributed by atoms with van der Waals surface area (Å²) in [6.45, 7) is 4.48. The zero-order valence-electron chi connectivity index (χ0n) is 19.0. The van der Waals surface area contributed by atoms with Crippen LogP contribution in [0.2, 0.25) is 0 Å². The molecular weight excluding hydrogens is 434 g/mol.